The zero-order valence-corrected chi connectivity index (χ0v) is 13.1. The summed E-state index contributed by atoms with van der Waals surface area (Å²) >= 11 is 0. The lowest BCUT2D eigenvalue weighted by Gasteiger charge is -2.33. The molecule has 0 saturated carbocycles. The molecule has 0 aromatic heterocycles. The number of fused-ring (bicyclic) bond motifs is 2. The molecule has 7 heteroatoms. The van der Waals surface area contributed by atoms with Crippen LogP contribution in [0.1, 0.15) is 24.0 Å². The molecule has 1 saturated heterocycles. The quantitative estimate of drug-likeness (QED) is 0.835. The molecule has 2 aliphatic rings. The Hall–Kier alpha value is -1.89. The van der Waals surface area contributed by atoms with Crippen LogP contribution in [0.15, 0.2) is 24.3 Å². The molecule has 1 atom stereocenters. The van der Waals surface area contributed by atoms with Gasteiger partial charge in [0, 0.05) is 12.8 Å². The predicted molar refractivity (Wildman–Crippen MR) is 81.0 cm³/mol. The third kappa shape index (κ3) is 2.39. The summed E-state index contributed by atoms with van der Waals surface area (Å²) in [7, 11) is -3.24. The second-order valence-electron chi connectivity index (χ2n) is 5.93. The second kappa shape index (κ2) is 5.08. The minimum Gasteiger partial charge on any atom is -0.319 e. The molecule has 1 heterocycles. The number of nitrogens with zero attached hydrogens (tertiary/aromatic N) is 1. The fourth-order valence-electron chi connectivity index (χ4n) is 3.27. The molecule has 6 nitrogen and oxygen atoms in total. The molecule has 1 aliphatic carbocycles. The van der Waals surface area contributed by atoms with Crippen LogP contribution in [0.5, 0.6) is 0 Å². The van der Waals surface area contributed by atoms with E-state index in [1.165, 1.54) is 0 Å². The number of benzene rings is 1. The summed E-state index contributed by atoms with van der Waals surface area (Å²) in [5.41, 5.74) is 0.873. The molecule has 1 fully saturated rings. The summed E-state index contributed by atoms with van der Waals surface area (Å²) in [6.45, 7) is -0.104. The molecule has 22 heavy (non-hydrogen) atoms. The maximum absolute atomic E-state index is 12.8. The zero-order valence-electron chi connectivity index (χ0n) is 12.3. The van der Waals surface area contributed by atoms with Gasteiger partial charge in [0.15, 0.2) is 0 Å². The Morgan fingerprint density at radius 2 is 2.00 bits per heavy atom. The number of imide groups is 1. The first kappa shape index (κ1) is 15.0. The van der Waals surface area contributed by atoms with Gasteiger partial charge in [0.25, 0.3) is 5.91 Å². The normalized spacial score (nSPS) is 24.5. The molecule has 0 bridgehead atoms. The van der Waals surface area contributed by atoms with Crippen molar-refractivity contribution in [3.8, 4) is 0 Å². The van der Waals surface area contributed by atoms with Gasteiger partial charge in [0.2, 0.25) is 0 Å². The lowest BCUT2D eigenvalue weighted by Crippen LogP contribution is -2.46. The molecule has 0 radical (unpaired) electrons. The van der Waals surface area contributed by atoms with Crippen LogP contribution in [-0.4, -0.2) is 43.8 Å². The number of aryl methyl sites for hydroxylation is 1. The Balaban J connectivity index is 1.94. The number of hydrogen-bond acceptors (Lipinski definition) is 4. The van der Waals surface area contributed by atoms with Crippen molar-refractivity contribution in [3.63, 3.8) is 0 Å². The molecule has 1 aromatic carbocycles. The number of rotatable bonds is 3. The fourth-order valence-corrected chi connectivity index (χ4v) is 3.79. The van der Waals surface area contributed by atoms with Crippen molar-refractivity contribution < 1.29 is 18.0 Å². The van der Waals surface area contributed by atoms with E-state index >= 15 is 0 Å². The molecule has 1 aromatic rings. The number of urea groups is 1. The van der Waals surface area contributed by atoms with Crippen LogP contribution >= 0.6 is 0 Å². The molecular formula is C15H18N2O4S. The molecule has 0 unspecified atom stereocenters. The van der Waals surface area contributed by atoms with E-state index in [1.807, 2.05) is 24.3 Å². The minimum absolute atomic E-state index is 0.104. The lowest BCUT2D eigenvalue weighted by atomic mass is 9.76. The summed E-state index contributed by atoms with van der Waals surface area (Å²) in [6, 6.07) is 7.09. The monoisotopic (exact) mass is 322 g/mol. The molecule has 3 amide bonds. The highest BCUT2D eigenvalue weighted by molar-refractivity contribution is 7.90. The van der Waals surface area contributed by atoms with E-state index in [0.29, 0.717) is 6.42 Å². The van der Waals surface area contributed by atoms with Crippen LogP contribution in [0.4, 0.5) is 4.79 Å². The lowest BCUT2D eigenvalue weighted by molar-refractivity contribution is -0.132. The van der Waals surface area contributed by atoms with Crippen molar-refractivity contribution in [2.24, 2.45) is 0 Å². The Morgan fingerprint density at radius 1 is 1.27 bits per heavy atom. The van der Waals surface area contributed by atoms with Crippen LogP contribution < -0.4 is 5.32 Å². The van der Waals surface area contributed by atoms with Gasteiger partial charge in [-0.05, 0) is 30.4 Å². The number of nitrogens with one attached hydrogen (secondary N) is 1. The van der Waals surface area contributed by atoms with Crippen molar-refractivity contribution in [3.05, 3.63) is 35.4 Å². The Kier molecular flexibility index (Phi) is 3.47. The second-order valence-corrected chi connectivity index (χ2v) is 8.19. The number of amides is 3. The van der Waals surface area contributed by atoms with E-state index in [2.05, 4.69) is 5.32 Å². The summed E-state index contributed by atoms with van der Waals surface area (Å²) < 4.78 is 22.6. The zero-order chi connectivity index (χ0) is 16.0. The summed E-state index contributed by atoms with van der Waals surface area (Å²) in [6.07, 6.45) is 3.33. The number of hydrogen-bond donors (Lipinski definition) is 1. The Labute approximate surface area is 129 Å². The van der Waals surface area contributed by atoms with E-state index in [9.17, 15) is 18.0 Å². The van der Waals surface area contributed by atoms with Gasteiger partial charge in [0.1, 0.15) is 15.4 Å². The SMILES string of the molecule is CS(=O)(=O)CCN1C(=O)N[C@]2(CCCc3ccccc32)C1=O. The maximum atomic E-state index is 12.8. The topological polar surface area (TPSA) is 83.6 Å². The van der Waals surface area contributed by atoms with Crippen LogP contribution in [0.2, 0.25) is 0 Å². The summed E-state index contributed by atoms with van der Waals surface area (Å²) in [5, 5.41) is 2.80. The van der Waals surface area contributed by atoms with Gasteiger partial charge in [0.05, 0.1) is 5.75 Å². The van der Waals surface area contributed by atoms with Gasteiger partial charge in [-0.1, -0.05) is 24.3 Å². The van der Waals surface area contributed by atoms with E-state index in [0.717, 1.165) is 35.1 Å². The van der Waals surface area contributed by atoms with E-state index in [1.54, 1.807) is 0 Å². The third-order valence-electron chi connectivity index (χ3n) is 4.34. The van der Waals surface area contributed by atoms with Crippen molar-refractivity contribution in [2.45, 2.75) is 24.8 Å². The first-order valence-corrected chi connectivity index (χ1v) is 9.30. The first-order valence-electron chi connectivity index (χ1n) is 7.24. The molecule has 3 rings (SSSR count). The van der Waals surface area contributed by atoms with Crippen molar-refractivity contribution in [1.82, 2.24) is 10.2 Å². The van der Waals surface area contributed by atoms with Crippen LogP contribution in [0.3, 0.4) is 0 Å². The van der Waals surface area contributed by atoms with Gasteiger partial charge in [-0.15, -0.1) is 0 Å². The van der Waals surface area contributed by atoms with Crippen molar-refractivity contribution >= 4 is 21.8 Å². The summed E-state index contributed by atoms with van der Waals surface area (Å²) in [4.78, 5) is 26.0. The average molecular weight is 322 g/mol. The van der Waals surface area contributed by atoms with Crippen LogP contribution in [0, 0.1) is 0 Å². The summed E-state index contributed by atoms with van der Waals surface area (Å²) in [5.74, 6) is -0.558. The number of carbonyl (C=O) groups is 2. The Morgan fingerprint density at radius 3 is 2.73 bits per heavy atom. The molecule has 1 spiro atoms. The standard InChI is InChI=1S/C15H18N2O4S/c1-22(20,21)10-9-17-13(18)15(16-14(17)19)8-4-6-11-5-2-3-7-12(11)15/h2-3,5,7H,4,6,8-10H2,1H3,(H,16,19)/t15-/m0/s1. The maximum Gasteiger partial charge on any atom is 0.325 e. The largest absolute Gasteiger partial charge is 0.325 e. The smallest absolute Gasteiger partial charge is 0.319 e. The highest BCUT2D eigenvalue weighted by Crippen LogP contribution is 2.39. The van der Waals surface area contributed by atoms with Gasteiger partial charge in [-0.25, -0.2) is 13.2 Å². The Bertz CT molecular complexity index is 744. The third-order valence-corrected chi connectivity index (χ3v) is 5.26. The highest BCUT2D eigenvalue weighted by atomic mass is 32.2. The van der Waals surface area contributed by atoms with E-state index in [4.69, 9.17) is 0 Å². The van der Waals surface area contributed by atoms with Gasteiger partial charge < -0.3 is 5.32 Å². The predicted octanol–water partition coefficient (Wildman–Crippen LogP) is 0.815. The van der Waals surface area contributed by atoms with Gasteiger partial charge in [-0.2, -0.15) is 0 Å². The van der Waals surface area contributed by atoms with E-state index < -0.39 is 21.4 Å². The minimum atomic E-state index is -3.24. The fraction of sp³-hybridized carbons (Fsp3) is 0.467. The molecule has 118 valence electrons. The number of sulfone groups is 1. The van der Waals surface area contributed by atoms with Gasteiger partial charge >= 0.3 is 6.03 Å². The van der Waals surface area contributed by atoms with Crippen molar-refractivity contribution in [1.29, 1.82) is 0 Å². The molecule has 1 N–H and O–H groups in total. The average Bonchev–Trinajstić information content (AvgIpc) is 2.68. The van der Waals surface area contributed by atoms with Crippen LogP contribution in [0.25, 0.3) is 0 Å². The first-order chi connectivity index (χ1) is 10.3. The molecule has 1 aliphatic heterocycles. The van der Waals surface area contributed by atoms with E-state index in [-0.39, 0.29) is 18.2 Å². The number of carbonyl (C=O) groups excluding carboxylic acids is 2. The van der Waals surface area contributed by atoms with Crippen molar-refractivity contribution in [2.75, 3.05) is 18.6 Å². The van der Waals surface area contributed by atoms with Gasteiger partial charge in [-0.3, -0.25) is 9.69 Å². The highest BCUT2D eigenvalue weighted by Gasteiger charge is 2.53. The van der Waals surface area contributed by atoms with Crippen LogP contribution in [-0.2, 0) is 26.6 Å². The molecular weight excluding hydrogens is 304 g/mol.